The number of aromatic nitrogens is 2. The van der Waals surface area contributed by atoms with Crippen molar-refractivity contribution in [3.8, 4) is 12.3 Å². The molecule has 1 unspecified atom stereocenters. The average molecular weight is 199 g/mol. The number of pyridine rings is 1. The zero-order valence-electron chi connectivity index (χ0n) is 8.64. The van der Waals surface area contributed by atoms with Gasteiger partial charge in [0, 0.05) is 18.3 Å². The van der Waals surface area contributed by atoms with Gasteiger partial charge in [-0.05, 0) is 19.1 Å². The Bertz CT molecular complexity index is 493. The van der Waals surface area contributed by atoms with Crippen LogP contribution < -0.4 is 5.32 Å². The highest BCUT2D eigenvalue weighted by atomic mass is 15.2. The van der Waals surface area contributed by atoms with Crippen LogP contribution in [0.1, 0.15) is 12.5 Å². The van der Waals surface area contributed by atoms with E-state index in [-0.39, 0.29) is 6.04 Å². The zero-order valence-corrected chi connectivity index (χ0v) is 8.64. The fourth-order valence-electron chi connectivity index (χ4n) is 1.45. The maximum Gasteiger partial charge on any atom is 0.0706 e. The SMILES string of the molecule is C#CC(C)NCc1cnn2ccccc12. The molecule has 2 aromatic rings. The number of nitrogens with one attached hydrogen (secondary N) is 1. The smallest absolute Gasteiger partial charge is 0.0706 e. The Morgan fingerprint density at radius 3 is 3.27 bits per heavy atom. The third kappa shape index (κ3) is 2.00. The molecule has 2 rings (SSSR count). The minimum Gasteiger partial charge on any atom is -0.300 e. The first-order chi connectivity index (χ1) is 7.31. The maximum atomic E-state index is 5.29. The molecule has 0 aromatic carbocycles. The second-order valence-corrected chi connectivity index (χ2v) is 3.47. The summed E-state index contributed by atoms with van der Waals surface area (Å²) in [6.07, 6.45) is 9.09. The molecule has 0 saturated heterocycles. The van der Waals surface area contributed by atoms with E-state index in [2.05, 4.69) is 16.3 Å². The molecular formula is C12H13N3. The molecule has 0 fully saturated rings. The molecule has 0 aliphatic rings. The van der Waals surface area contributed by atoms with Crippen molar-refractivity contribution >= 4 is 5.52 Å². The van der Waals surface area contributed by atoms with Gasteiger partial charge in [-0.1, -0.05) is 12.0 Å². The molecule has 1 atom stereocenters. The topological polar surface area (TPSA) is 29.3 Å². The molecule has 2 aromatic heterocycles. The highest BCUT2D eigenvalue weighted by Gasteiger charge is 2.03. The fraction of sp³-hybridized carbons (Fsp3) is 0.250. The monoisotopic (exact) mass is 199 g/mol. The Kier molecular flexibility index (Phi) is 2.70. The molecule has 0 aliphatic heterocycles. The molecule has 0 bridgehead atoms. The predicted molar refractivity (Wildman–Crippen MR) is 60.3 cm³/mol. The minimum absolute atomic E-state index is 0.0867. The summed E-state index contributed by atoms with van der Waals surface area (Å²) >= 11 is 0. The van der Waals surface area contributed by atoms with Crippen LogP contribution >= 0.6 is 0 Å². The van der Waals surface area contributed by atoms with E-state index >= 15 is 0 Å². The van der Waals surface area contributed by atoms with Crippen LogP contribution in [0.3, 0.4) is 0 Å². The van der Waals surface area contributed by atoms with Gasteiger partial charge in [-0.2, -0.15) is 5.10 Å². The van der Waals surface area contributed by atoms with Crippen molar-refractivity contribution in [2.45, 2.75) is 19.5 Å². The van der Waals surface area contributed by atoms with Crippen LogP contribution in [0.2, 0.25) is 0 Å². The summed E-state index contributed by atoms with van der Waals surface area (Å²) in [4.78, 5) is 0. The Hall–Kier alpha value is -1.79. The van der Waals surface area contributed by atoms with Gasteiger partial charge in [-0.3, -0.25) is 5.32 Å². The van der Waals surface area contributed by atoms with Gasteiger partial charge in [-0.25, -0.2) is 4.52 Å². The van der Waals surface area contributed by atoms with Gasteiger partial charge < -0.3 is 0 Å². The third-order valence-corrected chi connectivity index (χ3v) is 2.35. The second kappa shape index (κ2) is 4.16. The average Bonchev–Trinajstić information content (AvgIpc) is 2.69. The number of hydrogen-bond donors (Lipinski definition) is 1. The number of rotatable bonds is 3. The van der Waals surface area contributed by atoms with E-state index in [4.69, 9.17) is 6.42 Å². The standard InChI is InChI=1S/C12H13N3/c1-3-10(2)13-8-11-9-14-15-7-5-4-6-12(11)15/h1,4-7,9-10,13H,8H2,2H3. The molecule has 1 N–H and O–H groups in total. The van der Waals surface area contributed by atoms with Crippen LogP contribution in [0, 0.1) is 12.3 Å². The highest BCUT2D eigenvalue weighted by Crippen LogP contribution is 2.09. The first kappa shape index (κ1) is 9.75. The van der Waals surface area contributed by atoms with Crippen LogP contribution in [0.15, 0.2) is 30.6 Å². The van der Waals surface area contributed by atoms with Crippen LogP contribution in [0.5, 0.6) is 0 Å². The molecule has 0 saturated carbocycles. The van der Waals surface area contributed by atoms with Crippen molar-refractivity contribution in [3.63, 3.8) is 0 Å². The van der Waals surface area contributed by atoms with E-state index in [9.17, 15) is 0 Å². The van der Waals surface area contributed by atoms with Crippen molar-refractivity contribution in [3.05, 3.63) is 36.2 Å². The first-order valence-electron chi connectivity index (χ1n) is 4.92. The van der Waals surface area contributed by atoms with E-state index in [1.165, 1.54) is 0 Å². The van der Waals surface area contributed by atoms with Gasteiger partial charge in [0.25, 0.3) is 0 Å². The number of fused-ring (bicyclic) bond motifs is 1. The van der Waals surface area contributed by atoms with Gasteiger partial charge in [0.1, 0.15) is 0 Å². The van der Waals surface area contributed by atoms with E-state index in [1.807, 2.05) is 42.0 Å². The quantitative estimate of drug-likeness (QED) is 0.758. The Morgan fingerprint density at radius 2 is 2.47 bits per heavy atom. The lowest BCUT2D eigenvalue weighted by molar-refractivity contribution is 0.650. The summed E-state index contributed by atoms with van der Waals surface area (Å²) in [7, 11) is 0. The van der Waals surface area contributed by atoms with Crippen LogP contribution in [-0.4, -0.2) is 15.7 Å². The fourth-order valence-corrected chi connectivity index (χ4v) is 1.45. The van der Waals surface area contributed by atoms with Crippen molar-refractivity contribution in [2.75, 3.05) is 0 Å². The number of nitrogens with zero attached hydrogens (tertiary/aromatic N) is 2. The van der Waals surface area contributed by atoms with Crippen LogP contribution in [-0.2, 0) is 6.54 Å². The second-order valence-electron chi connectivity index (χ2n) is 3.47. The lowest BCUT2D eigenvalue weighted by Crippen LogP contribution is -2.23. The van der Waals surface area contributed by atoms with E-state index in [0.29, 0.717) is 0 Å². The molecule has 76 valence electrons. The summed E-state index contributed by atoms with van der Waals surface area (Å²) in [5.74, 6) is 2.64. The Labute approximate surface area is 89.1 Å². The molecule has 3 heteroatoms. The molecule has 0 amide bonds. The normalized spacial score (nSPS) is 12.5. The van der Waals surface area contributed by atoms with Crippen LogP contribution in [0.25, 0.3) is 5.52 Å². The van der Waals surface area contributed by atoms with Gasteiger partial charge in [0.05, 0.1) is 17.8 Å². The maximum absolute atomic E-state index is 5.29. The van der Waals surface area contributed by atoms with Gasteiger partial charge in [0.15, 0.2) is 0 Å². The molecular weight excluding hydrogens is 186 g/mol. The molecule has 0 aliphatic carbocycles. The highest BCUT2D eigenvalue weighted by molar-refractivity contribution is 5.53. The van der Waals surface area contributed by atoms with Gasteiger partial charge >= 0.3 is 0 Å². The molecule has 0 radical (unpaired) electrons. The summed E-state index contributed by atoms with van der Waals surface area (Å²) < 4.78 is 1.86. The molecule has 2 heterocycles. The Morgan fingerprint density at radius 1 is 1.60 bits per heavy atom. The van der Waals surface area contributed by atoms with Gasteiger partial charge in [-0.15, -0.1) is 6.42 Å². The van der Waals surface area contributed by atoms with Gasteiger partial charge in [0.2, 0.25) is 0 Å². The summed E-state index contributed by atoms with van der Waals surface area (Å²) in [6, 6.07) is 6.10. The van der Waals surface area contributed by atoms with E-state index in [0.717, 1.165) is 17.6 Å². The lowest BCUT2D eigenvalue weighted by atomic mass is 10.2. The zero-order chi connectivity index (χ0) is 10.7. The Balaban J connectivity index is 2.19. The number of terminal acetylenes is 1. The molecule has 0 spiro atoms. The van der Waals surface area contributed by atoms with Crippen molar-refractivity contribution in [1.29, 1.82) is 0 Å². The minimum atomic E-state index is 0.0867. The third-order valence-electron chi connectivity index (χ3n) is 2.35. The van der Waals surface area contributed by atoms with E-state index < -0.39 is 0 Å². The lowest BCUT2D eigenvalue weighted by Gasteiger charge is -2.05. The summed E-state index contributed by atoms with van der Waals surface area (Å²) in [6.45, 7) is 2.71. The summed E-state index contributed by atoms with van der Waals surface area (Å²) in [5.41, 5.74) is 2.28. The summed E-state index contributed by atoms with van der Waals surface area (Å²) in [5, 5.41) is 7.48. The van der Waals surface area contributed by atoms with E-state index in [1.54, 1.807) is 0 Å². The van der Waals surface area contributed by atoms with Crippen molar-refractivity contribution in [2.24, 2.45) is 0 Å². The van der Waals surface area contributed by atoms with Crippen molar-refractivity contribution < 1.29 is 0 Å². The van der Waals surface area contributed by atoms with Crippen LogP contribution in [0.4, 0.5) is 0 Å². The molecule has 15 heavy (non-hydrogen) atoms. The largest absolute Gasteiger partial charge is 0.300 e. The first-order valence-corrected chi connectivity index (χ1v) is 4.92. The van der Waals surface area contributed by atoms with Crippen molar-refractivity contribution in [1.82, 2.24) is 14.9 Å². The predicted octanol–water partition coefficient (Wildman–Crippen LogP) is 1.45. The number of hydrogen-bond acceptors (Lipinski definition) is 2. The molecule has 3 nitrogen and oxygen atoms in total.